The average molecular weight is 336 g/mol. The Kier molecular flexibility index (Phi) is 5.15. The third-order valence-electron chi connectivity index (χ3n) is 3.68. The Hall–Kier alpha value is -1.10. The summed E-state index contributed by atoms with van der Waals surface area (Å²) in [5, 5.41) is 3.72. The van der Waals surface area contributed by atoms with Crippen LogP contribution in [0, 0.1) is 0 Å². The van der Waals surface area contributed by atoms with Gasteiger partial charge in [-0.05, 0) is 0 Å². The molecular weight excluding hydrogens is 315 g/mol. The third kappa shape index (κ3) is 3.45. The van der Waals surface area contributed by atoms with Crippen LogP contribution < -0.4 is 0 Å². The van der Waals surface area contributed by atoms with Crippen LogP contribution in [0.2, 0.25) is 0 Å². The van der Waals surface area contributed by atoms with Gasteiger partial charge >= 0.3 is 0 Å². The topological polar surface area (TPSA) is 88.8 Å². The van der Waals surface area contributed by atoms with E-state index in [0.29, 0.717) is 18.9 Å². The molecule has 1 aromatic heterocycles. The summed E-state index contributed by atoms with van der Waals surface area (Å²) in [7, 11) is 0.934. The van der Waals surface area contributed by atoms with Crippen LogP contribution in [-0.4, -0.2) is 68.1 Å². The second-order valence-corrected chi connectivity index (χ2v) is 7.56. The van der Waals surface area contributed by atoms with Gasteiger partial charge in [0.1, 0.15) is 0 Å². The van der Waals surface area contributed by atoms with E-state index in [2.05, 4.69) is 10.1 Å². The number of aromatic nitrogens is 2. The first kappa shape index (κ1) is 17.3. The van der Waals surface area contributed by atoms with Gasteiger partial charge in [-0.3, -0.25) is 0 Å². The highest BCUT2D eigenvalue weighted by molar-refractivity contribution is 7.86. The van der Waals surface area contributed by atoms with Crippen LogP contribution >= 0.6 is 0 Å². The van der Waals surface area contributed by atoms with Crippen LogP contribution in [0.3, 0.4) is 0 Å². The maximum Gasteiger partial charge on any atom is 0.281 e. The molecular formula is C12H21FN4O4S. The summed E-state index contributed by atoms with van der Waals surface area (Å²) in [4.78, 5) is 4.05. The van der Waals surface area contributed by atoms with Crippen LogP contribution in [0.25, 0.3) is 0 Å². The van der Waals surface area contributed by atoms with E-state index < -0.39 is 15.9 Å². The Labute approximate surface area is 129 Å². The van der Waals surface area contributed by atoms with Crippen molar-refractivity contribution in [1.82, 2.24) is 18.8 Å². The first-order valence-corrected chi connectivity index (χ1v) is 8.38. The largest absolute Gasteiger partial charge is 0.384 e. The normalized spacial score (nSPS) is 19.7. The molecule has 1 saturated heterocycles. The van der Waals surface area contributed by atoms with E-state index in [1.807, 2.05) is 0 Å². The van der Waals surface area contributed by atoms with Gasteiger partial charge in [-0.2, -0.15) is 22.0 Å². The second kappa shape index (κ2) is 6.57. The molecule has 126 valence electrons. The Balaban J connectivity index is 2.04. The van der Waals surface area contributed by atoms with Gasteiger partial charge in [0.2, 0.25) is 0 Å². The van der Waals surface area contributed by atoms with Crippen molar-refractivity contribution in [1.29, 1.82) is 0 Å². The van der Waals surface area contributed by atoms with Gasteiger partial charge in [-0.15, -0.1) is 0 Å². The molecule has 0 spiro atoms. The van der Waals surface area contributed by atoms with Crippen molar-refractivity contribution in [3.63, 3.8) is 0 Å². The lowest BCUT2D eigenvalue weighted by Gasteiger charge is -2.34. The maximum atomic E-state index is 14.9. The highest BCUT2D eigenvalue weighted by Gasteiger charge is 2.44. The molecule has 0 N–H and O–H groups in total. The van der Waals surface area contributed by atoms with E-state index in [1.165, 1.54) is 18.4 Å². The predicted octanol–water partition coefficient (Wildman–Crippen LogP) is 0.326. The molecule has 1 fully saturated rings. The molecule has 2 rings (SSSR count). The van der Waals surface area contributed by atoms with E-state index >= 15 is 0 Å². The fraction of sp³-hybridized carbons (Fsp3) is 0.833. The minimum Gasteiger partial charge on any atom is -0.384 e. The Morgan fingerprint density at radius 3 is 2.59 bits per heavy atom. The number of rotatable bonds is 6. The standard InChI is InChI=1S/C12H21FN4O4S/c1-16(2)22(18,19)17-7-5-12(13,6-8-17)11-14-10(15-21-11)4-9-20-3/h4-9H2,1-3H3. The number of methoxy groups -OCH3 is 1. The van der Waals surface area contributed by atoms with Crippen molar-refractivity contribution in [2.45, 2.75) is 24.9 Å². The molecule has 0 atom stereocenters. The van der Waals surface area contributed by atoms with Gasteiger partial charge in [0.05, 0.1) is 6.61 Å². The van der Waals surface area contributed by atoms with Crippen LogP contribution in [-0.2, 0) is 27.0 Å². The zero-order valence-corrected chi connectivity index (χ0v) is 13.8. The highest BCUT2D eigenvalue weighted by Crippen LogP contribution is 2.36. The summed E-state index contributed by atoms with van der Waals surface area (Å²) >= 11 is 0. The van der Waals surface area contributed by atoms with Gasteiger partial charge in [0.25, 0.3) is 16.1 Å². The fourth-order valence-electron chi connectivity index (χ4n) is 2.25. The minimum atomic E-state index is -3.52. The third-order valence-corrected chi connectivity index (χ3v) is 5.62. The Morgan fingerprint density at radius 2 is 2.05 bits per heavy atom. The van der Waals surface area contributed by atoms with Crippen molar-refractivity contribution in [2.24, 2.45) is 0 Å². The first-order valence-electron chi connectivity index (χ1n) is 6.98. The molecule has 8 nitrogen and oxygen atoms in total. The molecule has 0 bridgehead atoms. The number of hydrogen-bond donors (Lipinski definition) is 0. The second-order valence-electron chi connectivity index (χ2n) is 5.41. The zero-order valence-electron chi connectivity index (χ0n) is 13.0. The summed E-state index contributed by atoms with van der Waals surface area (Å²) < 4.78 is 51.3. The average Bonchev–Trinajstić information content (AvgIpc) is 2.95. The van der Waals surface area contributed by atoms with Crippen molar-refractivity contribution >= 4 is 10.2 Å². The quantitative estimate of drug-likeness (QED) is 0.743. The number of piperidine rings is 1. The summed E-state index contributed by atoms with van der Waals surface area (Å²) in [5.74, 6) is 0.303. The summed E-state index contributed by atoms with van der Waals surface area (Å²) in [6.45, 7) is 0.576. The fourth-order valence-corrected chi connectivity index (χ4v) is 3.35. The number of hydrogen-bond acceptors (Lipinski definition) is 6. The van der Waals surface area contributed by atoms with Gasteiger partial charge in [0.15, 0.2) is 11.5 Å². The number of alkyl halides is 1. The number of ether oxygens (including phenoxy) is 1. The predicted molar refractivity (Wildman–Crippen MR) is 76.1 cm³/mol. The van der Waals surface area contributed by atoms with Gasteiger partial charge in [-0.1, -0.05) is 5.16 Å². The van der Waals surface area contributed by atoms with Crippen molar-refractivity contribution < 1.29 is 22.1 Å². The van der Waals surface area contributed by atoms with Crippen LogP contribution in [0.1, 0.15) is 24.6 Å². The smallest absolute Gasteiger partial charge is 0.281 e. The van der Waals surface area contributed by atoms with Crippen LogP contribution in [0.15, 0.2) is 4.52 Å². The minimum absolute atomic E-state index is 0.00796. The molecule has 0 radical (unpaired) electrons. The Bertz CT molecular complexity index is 596. The van der Waals surface area contributed by atoms with Crippen molar-refractivity contribution in [2.75, 3.05) is 40.9 Å². The lowest BCUT2D eigenvalue weighted by atomic mass is 9.94. The number of nitrogens with zero attached hydrogens (tertiary/aromatic N) is 4. The van der Waals surface area contributed by atoms with Crippen molar-refractivity contribution in [3.05, 3.63) is 11.7 Å². The molecule has 2 heterocycles. The summed E-state index contributed by atoms with van der Waals surface area (Å²) in [6, 6.07) is 0. The van der Waals surface area contributed by atoms with Crippen molar-refractivity contribution in [3.8, 4) is 0 Å². The number of halogens is 1. The van der Waals surface area contributed by atoms with E-state index in [-0.39, 0.29) is 31.8 Å². The molecule has 0 aromatic carbocycles. The molecule has 0 unspecified atom stereocenters. The van der Waals surface area contributed by atoms with Crippen LogP contribution in [0.4, 0.5) is 4.39 Å². The summed E-state index contributed by atoms with van der Waals surface area (Å²) in [6.07, 6.45) is 0.426. The monoisotopic (exact) mass is 336 g/mol. The van der Waals surface area contributed by atoms with Gasteiger partial charge in [0, 0.05) is 53.6 Å². The molecule has 1 aliphatic rings. The first-order chi connectivity index (χ1) is 10.3. The lowest BCUT2D eigenvalue weighted by molar-refractivity contribution is 0.0499. The lowest BCUT2D eigenvalue weighted by Crippen LogP contribution is -2.47. The van der Waals surface area contributed by atoms with Crippen LogP contribution in [0.5, 0.6) is 0 Å². The maximum absolute atomic E-state index is 14.9. The SMILES string of the molecule is COCCc1noc(C2(F)CCN(S(=O)(=O)N(C)C)CC2)n1. The molecule has 10 heteroatoms. The van der Waals surface area contributed by atoms with E-state index in [1.54, 1.807) is 7.11 Å². The van der Waals surface area contributed by atoms with E-state index in [4.69, 9.17) is 9.26 Å². The zero-order chi connectivity index (χ0) is 16.4. The molecule has 1 aliphatic heterocycles. The Morgan fingerprint density at radius 1 is 1.41 bits per heavy atom. The van der Waals surface area contributed by atoms with E-state index in [0.717, 1.165) is 4.31 Å². The van der Waals surface area contributed by atoms with Gasteiger partial charge < -0.3 is 9.26 Å². The molecule has 0 amide bonds. The molecule has 0 aliphatic carbocycles. The summed E-state index contributed by atoms with van der Waals surface area (Å²) in [5.41, 5.74) is -1.78. The van der Waals surface area contributed by atoms with Gasteiger partial charge in [-0.25, -0.2) is 4.39 Å². The molecule has 1 aromatic rings. The molecule has 0 saturated carbocycles. The van der Waals surface area contributed by atoms with E-state index in [9.17, 15) is 12.8 Å². The molecule has 22 heavy (non-hydrogen) atoms. The highest BCUT2D eigenvalue weighted by atomic mass is 32.2.